The van der Waals surface area contributed by atoms with Crippen LogP contribution in [0.1, 0.15) is 60.0 Å². The maximum Gasteiger partial charge on any atom is 0.355 e. The third kappa shape index (κ3) is 4.55. The molecule has 2 aromatic carbocycles. The molecule has 0 atom stereocenters. The fourth-order valence-corrected chi connectivity index (χ4v) is 3.84. The number of esters is 1. The quantitative estimate of drug-likeness (QED) is 0.250. The molecule has 0 aliphatic heterocycles. The van der Waals surface area contributed by atoms with Crippen molar-refractivity contribution in [3.63, 3.8) is 0 Å². The smallest absolute Gasteiger partial charge is 0.355 e. The van der Waals surface area contributed by atoms with E-state index in [2.05, 4.69) is 13.0 Å². The molecule has 0 saturated heterocycles. The lowest BCUT2D eigenvalue weighted by Crippen LogP contribution is -2.17. The number of aromatic nitrogens is 1. The largest absolute Gasteiger partial charge is 0.497 e. The molecule has 3 aromatic rings. The molecule has 0 amide bonds. The molecule has 5 nitrogen and oxygen atoms in total. The molecule has 0 radical (unpaired) electrons. The molecule has 1 aromatic heterocycles. The first kappa shape index (κ1) is 22.3. The highest BCUT2D eigenvalue weighted by Crippen LogP contribution is 2.30. The Hall–Kier alpha value is -3.34. The number of carbonyl (C=O) groups excluding carboxylic acids is 2. The Morgan fingerprint density at radius 1 is 1.03 bits per heavy atom. The molecule has 0 aliphatic carbocycles. The van der Waals surface area contributed by atoms with Crippen molar-refractivity contribution in [3.05, 3.63) is 77.0 Å². The number of methoxy groups -OCH3 is 1. The predicted molar refractivity (Wildman–Crippen MR) is 123 cm³/mol. The van der Waals surface area contributed by atoms with Crippen LogP contribution >= 0.6 is 0 Å². The van der Waals surface area contributed by atoms with Gasteiger partial charge in [-0.2, -0.15) is 0 Å². The minimum Gasteiger partial charge on any atom is -0.497 e. The van der Waals surface area contributed by atoms with Gasteiger partial charge in [-0.25, -0.2) is 4.79 Å². The van der Waals surface area contributed by atoms with Crippen molar-refractivity contribution in [1.29, 1.82) is 0 Å². The molecule has 0 aliphatic rings. The Labute approximate surface area is 183 Å². The van der Waals surface area contributed by atoms with Gasteiger partial charge in [0.15, 0.2) is 5.78 Å². The maximum atomic E-state index is 13.6. The second kappa shape index (κ2) is 10.1. The molecule has 0 bridgehead atoms. The highest BCUT2D eigenvalue weighted by atomic mass is 16.5. The third-order valence-corrected chi connectivity index (χ3v) is 5.54. The normalized spacial score (nSPS) is 11.5. The summed E-state index contributed by atoms with van der Waals surface area (Å²) in [7, 11) is 1.58. The Bertz CT molecular complexity index is 1110. The molecule has 0 saturated carbocycles. The van der Waals surface area contributed by atoms with Crippen molar-refractivity contribution in [3.8, 4) is 5.75 Å². The first-order chi connectivity index (χ1) is 15.0. The van der Waals surface area contributed by atoms with Crippen LogP contribution in [0.25, 0.3) is 10.9 Å². The number of benzene rings is 2. The Kier molecular flexibility index (Phi) is 7.29. The zero-order valence-corrected chi connectivity index (χ0v) is 18.6. The number of hydrogen-bond acceptors (Lipinski definition) is 4. The van der Waals surface area contributed by atoms with Crippen LogP contribution in [0.15, 0.2) is 60.2 Å². The molecule has 0 fully saturated rings. The lowest BCUT2D eigenvalue weighted by molar-refractivity contribution is 0.0511. The summed E-state index contributed by atoms with van der Waals surface area (Å²) < 4.78 is 12.5. The van der Waals surface area contributed by atoms with Crippen molar-refractivity contribution >= 4 is 22.7 Å². The van der Waals surface area contributed by atoms with Gasteiger partial charge in [-0.05, 0) is 57.0 Å². The standard InChI is InChI=1S/C26H29NO4/c1-5-18(6-2)16-17-27-22-11-9-8-10-21(22)23(24(27)26(29)31-7-3)25(28)19-12-14-20(30-4)15-13-19/h5,8-15H,6-7,16-17H2,1-4H3/b18-5+. The van der Waals surface area contributed by atoms with Gasteiger partial charge in [0.1, 0.15) is 11.4 Å². The summed E-state index contributed by atoms with van der Waals surface area (Å²) >= 11 is 0. The van der Waals surface area contributed by atoms with Gasteiger partial charge in [0.2, 0.25) is 0 Å². The Morgan fingerprint density at radius 2 is 1.74 bits per heavy atom. The molecule has 3 rings (SSSR count). The number of hydrogen-bond donors (Lipinski definition) is 0. The number of para-hydroxylation sites is 1. The van der Waals surface area contributed by atoms with E-state index in [1.807, 2.05) is 35.8 Å². The average Bonchev–Trinajstić information content (AvgIpc) is 3.14. The molecule has 31 heavy (non-hydrogen) atoms. The fourth-order valence-electron chi connectivity index (χ4n) is 3.84. The van der Waals surface area contributed by atoms with Gasteiger partial charge in [0.25, 0.3) is 0 Å². The Morgan fingerprint density at radius 3 is 2.35 bits per heavy atom. The van der Waals surface area contributed by atoms with E-state index in [1.165, 1.54) is 5.57 Å². The van der Waals surface area contributed by atoms with Gasteiger partial charge in [-0.3, -0.25) is 4.79 Å². The van der Waals surface area contributed by atoms with E-state index >= 15 is 0 Å². The van der Waals surface area contributed by atoms with Crippen LogP contribution < -0.4 is 4.74 Å². The first-order valence-corrected chi connectivity index (χ1v) is 10.7. The number of nitrogens with zero attached hydrogens (tertiary/aromatic N) is 1. The van der Waals surface area contributed by atoms with E-state index in [9.17, 15) is 9.59 Å². The van der Waals surface area contributed by atoms with Crippen molar-refractivity contribution < 1.29 is 19.1 Å². The number of allylic oxidation sites excluding steroid dienone is 2. The van der Waals surface area contributed by atoms with E-state index in [0.29, 0.717) is 29.1 Å². The minimum absolute atomic E-state index is 0.206. The summed E-state index contributed by atoms with van der Waals surface area (Å²) in [6.45, 7) is 6.75. The SMILES string of the molecule is C/C=C(\CC)CCn1c(C(=O)OCC)c(C(=O)c2ccc(OC)cc2)c2ccccc21. The van der Waals surface area contributed by atoms with Crippen LogP contribution in [-0.2, 0) is 11.3 Å². The molecule has 162 valence electrons. The highest BCUT2D eigenvalue weighted by molar-refractivity contribution is 6.21. The zero-order chi connectivity index (χ0) is 22.4. The van der Waals surface area contributed by atoms with E-state index in [-0.39, 0.29) is 12.4 Å². The van der Waals surface area contributed by atoms with Crippen molar-refractivity contribution in [2.24, 2.45) is 0 Å². The monoisotopic (exact) mass is 419 g/mol. The van der Waals surface area contributed by atoms with Crippen LogP contribution in [0.3, 0.4) is 0 Å². The van der Waals surface area contributed by atoms with Crippen LogP contribution in [-0.4, -0.2) is 30.0 Å². The third-order valence-electron chi connectivity index (χ3n) is 5.54. The molecule has 0 spiro atoms. The predicted octanol–water partition coefficient (Wildman–Crippen LogP) is 5.80. The summed E-state index contributed by atoms with van der Waals surface area (Å²) in [6, 6.07) is 14.6. The van der Waals surface area contributed by atoms with E-state index in [1.54, 1.807) is 38.3 Å². The van der Waals surface area contributed by atoms with Gasteiger partial charge in [0, 0.05) is 23.0 Å². The van der Waals surface area contributed by atoms with E-state index in [0.717, 1.165) is 23.7 Å². The molecule has 1 heterocycles. The number of ether oxygens (including phenoxy) is 2. The first-order valence-electron chi connectivity index (χ1n) is 10.7. The number of ketones is 1. The van der Waals surface area contributed by atoms with Crippen LogP contribution in [0.4, 0.5) is 0 Å². The summed E-state index contributed by atoms with van der Waals surface area (Å²) in [5.41, 5.74) is 3.36. The van der Waals surface area contributed by atoms with Crippen LogP contribution in [0.5, 0.6) is 5.75 Å². The summed E-state index contributed by atoms with van der Waals surface area (Å²) in [5.74, 6) is -0.0143. The molecule has 0 N–H and O–H groups in total. The van der Waals surface area contributed by atoms with Crippen molar-refractivity contribution in [2.45, 2.75) is 40.2 Å². The van der Waals surface area contributed by atoms with Gasteiger partial charge < -0.3 is 14.0 Å². The van der Waals surface area contributed by atoms with Crippen LogP contribution in [0, 0.1) is 0 Å². The average molecular weight is 420 g/mol. The highest BCUT2D eigenvalue weighted by Gasteiger charge is 2.28. The van der Waals surface area contributed by atoms with Crippen molar-refractivity contribution in [2.75, 3.05) is 13.7 Å². The minimum atomic E-state index is -0.478. The molecule has 5 heteroatoms. The summed E-state index contributed by atoms with van der Waals surface area (Å²) in [4.78, 5) is 26.6. The second-order valence-corrected chi connectivity index (χ2v) is 7.22. The maximum absolute atomic E-state index is 13.6. The summed E-state index contributed by atoms with van der Waals surface area (Å²) in [6.07, 6.45) is 3.86. The fraction of sp³-hybridized carbons (Fsp3) is 0.308. The van der Waals surface area contributed by atoms with E-state index < -0.39 is 5.97 Å². The molecular weight excluding hydrogens is 390 g/mol. The molecule has 0 unspecified atom stereocenters. The number of carbonyl (C=O) groups is 2. The lowest BCUT2D eigenvalue weighted by Gasteiger charge is -2.12. The topological polar surface area (TPSA) is 57.5 Å². The number of fused-ring (bicyclic) bond motifs is 1. The van der Waals surface area contributed by atoms with Gasteiger partial charge >= 0.3 is 5.97 Å². The van der Waals surface area contributed by atoms with Crippen LogP contribution in [0.2, 0.25) is 0 Å². The summed E-state index contributed by atoms with van der Waals surface area (Å²) in [5, 5.41) is 0.755. The van der Waals surface area contributed by atoms with E-state index in [4.69, 9.17) is 9.47 Å². The molecular formula is C26H29NO4. The number of rotatable bonds is 9. The Balaban J connectivity index is 2.19. The van der Waals surface area contributed by atoms with Gasteiger partial charge in [0.05, 0.1) is 19.3 Å². The lowest BCUT2D eigenvalue weighted by atomic mass is 10.00. The zero-order valence-electron chi connectivity index (χ0n) is 18.6. The second-order valence-electron chi connectivity index (χ2n) is 7.22. The van der Waals surface area contributed by atoms with Gasteiger partial charge in [-0.1, -0.05) is 36.8 Å². The number of aryl methyl sites for hydroxylation is 1. The van der Waals surface area contributed by atoms with Crippen molar-refractivity contribution in [1.82, 2.24) is 4.57 Å². The van der Waals surface area contributed by atoms with Gasteiger partial charge in [-0.15, -0.1) is 0 Å².